The van der Waals surface area contributed by atoms with Crippen molar-refractivity contribution in [2.24, 2.45) is 10.9 Å². The molecule has 1 aromatic carbocycles. The summed E-state index contributed by atoms with van der Waals surface area (Å²) in [5.41, 5.74) is 1.23. The van der Waals surface area contributed by atoms with Crippen molar-refractivity contribution < 1.29 is 4.74 Å². The van der Waals surface area contributed by atoms with Crippen LogP contribution in [0.4, 0.5) is 0 Å². The topological polar surface area (TPSA) is 48.9 Å². The number of rotatable bonds is 7. The van der Waals surface area contributed by atoms with Crippen LogP contribution < -0.4 is 10.6 Å². The van der Waals surface area contributed by atoms with Crippen LogP contribution in [0.5, 0.6) is 0 Å². The van der Waals surface area contributed by atoms with Crippen molar-refractivity contribution in [3.8, 4) is 0 Å². The number of benzene rings is 1. The zero-order valence-corrected chi connectivity index (χ0v) is 15.3. The Bertz CT molecular complexity index is 483. The summed E-state index contributed by atoms with van der Waals surface area (Å²) in [5, 5.41) is 6.87. The Morgan fingerprint density at radius 3 is 2.50 bits per heavy atom. The standard InChI is InChI=1S/C19H32N4O/c1-4-20-19(21-14-17-8-6-5-7-9-17)22-15-18(16(2)3)23-10-12-24-13-11-23/h5-9,16,18H,4,10-15H2,1-3H3,(H2,20,21,22). The fourth-order valence-electron chi connectivity index (χ4n) is 2.99. The number of hydrogen-bond acceptors (Lipinski definition) is 3. The summed E-state index contributed by atoms with van der Waals surface area (Å²) in [5.74, 6) is 1.48. The second kappa shape index (κ2) is 10.3. The molecule has 5 heteroatoms. The molecule has 0 aliphatic carbocycles. The maximum Gasteiger partial charge on any atom is 0.191 e. The van der Waals surface area contributed by atoms with E-state index in [-0.39, 0.29) is 0 Å². The zero-order valence-electron chi connectivity index (χ0n) is 15.3. The van der Waals surface area contributed by atoms with Gasteiger partial charge in [-0.2, -0.15) is 0 Å². The zero-order chi connectivity index (χ0) is 17.2. The SMILES string of the molecule is CCNC(=NCc1ccccc1)NCC(C(C)C)N1CCOCC1. The molecule has 0 bridgehead atoms. The summed E-state index contributed by atoms with van der Waals surface area (Å²) in [7, 11) is 0. The normalized spacial score (nSPS) is 17.8. The molecule has 5 nitrogen and oxygen atoms in total. The predicted molar refractivity (Wildman–Crippen MR) is 100 cm³/mol. The second-order valence-electron chi connectivity index (χ2n) is 6.52. The monoisotopic (exact) mass is 332 g/mol. The van der Waals surface area contributed by atoms with Crippen molar-refractivity contribution in [3.63, 3.8) is 0 Å². The third kappa shape index (κ3) is 6.13. The van der Waals surface area contributed by atoms with Gasteiger partial charge in [0.25, 0.3) is 0 Å². The van der Waals surface area contributed by atoms with Crippen LogP contribution in [-0.4, -0.2) is 56.3 Å². The van der Waals surface area contributed by atoms with Gasteiger partial charge in [-0.05, 0) is 18.4 Å². The first-order chi connectivity index (χ1) is 11.7. The third-order valence-corrected chi connectivity index (χ3v) is 4.37. The first-order valence-corrected chi connectivity index (χ1v) is 9.08. The second-order valence-corrected chi connectivity index (χ2v) is 6.52. The molecular formula is C19H32N4O. The van der Waals surface area contributed by atoms with Gasteiger partial charge in [0.05, 0.1) is 19.8 Å². The Hall–Kier alpha value is -1.59. The van der Waals surface area contributed by atoms with Crippen molar-refractivity contribution in [1.82, 2.24) is 15.5 Å². The van der Waals surface area contributed by atoms with Crippen molar-refractivity contribution in [2.75, 3.05) is 39.4 Å². The maximum absolute atomic E-state index is 5.48. The summed E-state index contributed by atoms with van der Waals surface area (Å²) in [4.78, 5) is 7.24. The summed E-state index contributed by atoms with van der Waals surface area (Å²) >= 11 is 0. The molecule has 134 valence electrons. The van der Waals surface area contributed by atoms with Crippen molar-refractivity contribution in [3.05, 3.63) is 35.9 Å². The number of ether oxygens (including phenoxy) is 1. The van der Waals surface area contributed by atoms with Gasteiger partial charge in [-0.3, -0.25) is 4.90 Å². The van der Waals surface area contributed by atoms with E-state index in [1.165, 1.54) is 5.56 Å². The van der Waals surface area contributed by atoms with Gasteiger partial charge in [-0.15, -0.1) is 0 Å². The lowest BCUT2D eigenvalue weighted by molar-refractivity contribution is 0.00752. The van der Waals surface area contributed by atoms with Gasteiger partial charge in [0, 0.05) is 32.2 Å². The van der Waals surface area contributed by atoms with Gasteiger partial charge in [0.15, 0.2) is 5.96 Å². The molecule has 1 unspecified atom stereocenters. The van der Waals surface area contributed by atoms with Crippen LogP contribution in [0.2, 0.25) is 0 Å². The first kappa shape index (κ1) is 18.7. The number of guanidine groups is 1. The minimum atomic E-state index is 0.495. The van der Waals surface area contributed by atoms with Crippen LogP contribution in [-0.2, 0) is 11.3 Å². The van der Waals surface area contributed by atoms with E-state index in [1.807, 2.05) is 6.07 Å². The molecule has 2 rings (SSSR count). The highest BCUT2D eigenvalue weighted by Gasteiger charge is 2.23. The summed E-state index contributed by atoms with van der Waals surface area (Å²) in [6.07, 6.45) is 0. The summed E-state index contributed by atoms with van der Waals surface area (Å²) < 4.78 is 5.48. The molecule has 1 heterocycles. The molecule has 0 aromatic heterocycles. The number of nitrogens with one attached hydrogen (secondary N) is 2. The lowest BCUT2D eigenvalue weighted by Crippen LogP contribution is -2.52. The Balaban J connectivity index is 1.92. The van der Waals surface area contributed by atoms with E-state index in [0.29, 0.717) is 18.5 Å². The van der Waals surface area contributed by atoms with Gasteiger partial charge in [-0.25, -0.2) is 4.99 Å². The fraction of sp³-hybridized carbons (Fsp3) is 0.632. The highest BCUT2D eigenvalue weighted by atomic mass is 16.5. The molecule has 24 heavy (non-hydrogen) atoms. The van der Waals surface area contributed by atoms with Crippen molar-refractivity contribution in [1.29, 1.82) is 0 Å². The molecule has 0 spiro atoms. The van der Waals surface area contributed by atoms with Crippen LogP contribution in [0.1, 0.15) is 26.3 Å². The molecule has 0 saturated carbocycles. The molecule has 1 aliphatic heterocycles. The maximum atomic E-state index is 5.48. The lowest BCUT2D eigenvalue weighted by atomic mass is 10.0. The lowest BCUT2D eigenvalue weighted by Gasteiger charge is -2.37. The van der Waals surface area contributed by atoms with Gasteiger partial charge in [-0.1, -0.05) is 44.2 Å². The molecule has 2 N–H and O–H groups in total. The molecule has 0 amide bonds. The summed E-state index contributed by atoms with van der Waals surface area (Å²) in [6.45, 7) is 12.8. The highest BCUT2D eigenvalue weighted by molar-refractivity contribution is 5.79. The van der Waals surface area contributed by atoms with Crippen LogP contribution in [0, 0.1) is 5.92 Å². The van der Waals surface area contributed by atoms with Crippen LogP contribution in [0.3, 0.4) is 0 Å². The van der Waals surface area contributed by atoms with E-state index in [9.17, 15) is 0 Å². The van der Waals surface area contributed by atoms with Gasteiger partial charge >= 0.3 is 0 Å². The molecule has 1 aliphatic rings. The Morgan fingerprint density at radius 2 is 1.88 bits per heavy atom. The molecule has 1 saturated heterocycles. The predicted octanol–water partition coefficient (Wildman–Crippen LogP) is 2.10. The minimum absolute atomic E-state index is 0.495. The van der Waals surface area contributed by atoms with Crippen molar-refractivity contribution >= 4 is 5.96 Å². The average Bonchev–Trinajstić information content (AvgIpc) is 2.61. The van der Waals surface area contributed by atoms with E-state index in [4.69, 9.17) is 9.73 Å². The van der Waals surface area contributed by atoms with Crippen LogP contribution >= 0.6 is 0 Å². The minimum Gasteiger partial charge on any atom is -0.379 e. The van der Waals surface area contributed by atoms with Crippen LogP contribution in [0.25, 0.3) is 0 Å². The Morgan fingerprint density at radius 1 is 1.17 bits per heavy atom. The van der Waals surface area contributed by atoms with Gasteiger partial charge in [0.1, 0.15) is 0 Å². The Labute approximate surface area is 146 Å². The van der Waals surface area contributed by atoms with E-state index in [2.05, 4.69) is 60.6 Å². The smallest absolute Gasteiger partial charge is 0.191 e. The number of aliphatic imine (C=N–C) groups is 1. The number of hydrogen-bond donors (Lipinski definition) is 2. The molecule has 1 fully saturated rings. The van der Waals surface area contributed by atoms with Crippen LogP contribution in [0.15, 0.2) is 35.3 Å². The van der Waals surface area contributed by atoms with Gasteiger partial charge in [0.2, 0.25) is 0 Å². The molecular weight excluding hydrogens is 300 g/mol. The fourth-order valence-corrected chi connectivity index (χ4v) is 2.99. The Kier molecular flexibility index (Phi) is 8.05. The van der Waals surface area contributed by atoms with E-state index >= 15 is 0 Å². The molecule has 1 aromatic rings. The van der Waals surface area contributed by atoms with E-state index in [0.717, 1.165) is 45.4 Å². The van der Waals surface area contributed by atoms with E-state index in [1.54, 1.807) is 0 Å². The summed E-state index contributed by atoms with van der Waals surface area (Å²) in [6, 6.07) is 10.9. The van der Waals surface area contributed by atoms with Crippen molar-refractivity contribution in [2.45, 2.75) is 33.4 Å². The molecule has 0 radical (unpaired) electrons. The van der Waals surface area contributed by atoms with Gasteiger partial charge < -0.3 is 15.4 Å². The third-order valence-electron chi connectivity index (χ3n) is 4.37. The molecule has 1 atom stereocenters. The number of nitrogens with zero attached hydrogens (tertiary/aromatic N) is 2. The average molecular weight is 332 g/mol. The largest absolute Gasteiger partial charge is 0.379 e. The number of morpholine rings is 1. The highest BCUT2D eigenvalue weighted by Crippen LogP contribution is 2.12. The first-order valence-electron chi connectivity index (χ1n) is 9.08. The quantitative estimate of drug-likeness (QED) is 0.593. The van der Waals surface area contributed by atoms with E-state index < -0.39 is 0 Å².